The molecule has 24 heteroatoms. The number of methoxy groups -OCH3 is 1. The molecule has 4 atom stereocenters. The van der Waals surface area contributed by atoms with Crippen LogP contribution >= 0.6 is 15.9 Å². The van der Waals surface area contributed by atoms with Crippen LogP contribution < -0.4 is 15.5 Å². The predicted molar refractivity (Wildman–Crippen MR) is 555 cm³/mol. The number of hydrogen-bond acceptors (Lipinski definition) is 20. The molecule has 4 aliphatic carbocycles. The highest BCUT2D eigenvalue weighted by Crippen LogP contribution is 2.45. The smallest absolute Gasteiger partial charge is 0.495 e. The number of carbonyl (C=O) groups is 7. The number of ether oxygens (including phenoxy) is 7. The molecule has 10 aromatic rings. The van der Waals surface area contributed by atoms with Crippen molar-refractivity contribution < 1.29 is 76.0 Å². The molecule has 22 nitrogen and oxygen atoms in total. The second-order valence-electron chi connectivity index (χ2n) is 41.0. The lowest BCUT2D eigenvalue weighted by Crippen LogP contribution is -2.41. The van der Waals surface area contributed by atoms with E-state index in [0.29, 0.717) is 56.1 Å². The summed E-state index contributed by atoms with van der Waals surface area (Å²) in [6.45, 7) is 45.9. The number of carbonyl (C=O) groups excluding carboxylic acids is 7. The second-order valence-corrected chi connectivity index (χ2v) is 41.8. The Morgan fingerprint density at radius 3 is 1.43 bits per heavy atom. The van der Waals surface area contributed by atoms with Crippen LogP contribution in [0.15, 0.2) is 126 Å². The van der Waals surface area contributed by atoms with Gasteiger partial charge in [0, 0.05) is 70.9 Å². The van der Waals surface area contributed by atoms with E-state index in [1.54, 1.807) is 30.1 Å². The van der Waals surface area contributed by atoms with Gasteiger partial charge in [0.25, 0.3) is 0 Å². The zero-order valence-electron chi connectivity index (χ0n) is 86.5. The molecule has 0 radical (unpaired) electrons. The SMILES string of the molecule is CCOC(=O)c1ccc(-c2cc(C)ccn2)c2c1CCCC2.CCOC(=O)c1ccc(B2OC(C)(C)C(C)(C)O2)c2c1CCCC2.CCOC(=O)c1ccc(C2CC(C)CCN2)c2c1CCCC2.CCOC(=O)c1ccc(C2CC(C)CCN2Cc2c(OC)cc(C)c3c2ccn3C(=O)OC(C)(C)C)c2c1CCCC2.CCc1cc(C)c2c(ccn2C(=O)OC(C)(C)C)c1C=O.Cc1ccnc(Br)c1. The van der Waals surface area contributed by atoms with Gasteiger partial charge in [-0.15, -0.1) is 0 Å². The molecule has 4 aromatic heterocycles. The Hall–Kier alpha value is -10.6. The summed E-state index contributed by atoms with van der Waals surface area (Å²) in [7, 11) is 1.34. The summed E-state index contributed by atoms with van der Waals surface area (Å²) in [6, 6.07) is 32.7. The van der Waals surface area contributed by atoms with E-state index in [4.69, 9.17) is 42.5 Å². The predicted octanol–water partition coefficient (Wildman–Crippen LogP) is 25.0. The quantitative estimate of drug-likeness (QED) is 0.0292. The summed E-state index contributed by atoms with van der Waals surface area (Å²) in [5, 5.41) is 5.48. The molecule has 17 rings (SSSR count). The average molecular weight is 1960 g/mol. The van der Waals surface area contributed by atoms with Crippen molar-refractivity contribution in [2.45, 2.75) is 321 Å². The molecule has 7 aliphatic rings. The first-order chi connectivity index (χ1) is 66.3. The molecule has 0 amide bonds. The van der Waals surface area contributed by atoms with Gasteiger partial charge < -0.3 is 47.8 Å². The van der Waals surface area contributed by atoms with Gasteiger partial charge in [-0.05, 0) is 456 Å². The van der Waals surface area contributed by atoms with Gasteiger partial charge in [-0.1, -0.05) is 51.1 Å². The molecule has 3 saturated heterocycles. The molecule has 3 aliphatic heterocycles. The molecule has 7 heterocycles. The Morgan fingerprint density at radius 1 is 0.518 bits per heavy atom. The molecule has 0 saturated carbocycles. The maximum atomic E-state index is 13.1. The van der Waals surface area contributed by atoms with Crippen LogP contribution in [0.2, 0.25) is 0 Å². The zero-order valence-corrected chi connectivity index (χ0v) is 88.0. The molecule has 1 N–H and O–H groups in total. The highest BCUT2D eigenvalue weighted by atomic mass is 79.9. The number of pyridine rings is 2. The topological polar surface area (TPSA) is 253 Å². The van der Waals surface area contributed by atoms with Gasteiger partial charge in [0.05, 0.1) is 83.7 Å². The number of piperidine rings is 2. The number of likely N-dealkylation sites (tertiary alicyclic amines) is 1. The van der Waals surface area contributed by atoms with Crippen molar-refractivity contribution in [3.63, 3.8) is 0 Å². The second kappa shape index (κ2) is 47.8. The van der Waals surface area contributed by atoms with Crippen LogP contribution in [0.1, 0.15) is 348 Å². The van der Waals surface area contributed by atoms with Crippen molar-refractivity contribution in [1.29, 1.82) is 0 Å². The van der Waals surface area contributed by atoms with E-state index < -0.39 is 17.3 Å². The van der Waals surface area contributed by atoms with Crippen LogP contribution in [0.5, 0.6) is 5.75 Å². The molecule has 0 bridgehead atoms. The third-order valence-electron chi connectivity index (χ3n) is 28.0. The third kappa shape index (κ3) is 26.0. The summed E-state index contributed by atoms with van der Waals surface area (Å²) < 4.78 is 54.6. The number of nitrogens with one attached hydrogen (secondary N) is 1. The molecule has 3 fully saturated rings. The summed E-state index contributed by atoms with van der Waals surface area (Å²) >= 11 is 3.25. The van der Waals surface area contributed by atoms with E-state index >= 15 is 0 Å². The van der Waals surface area contributed by atoms with Crippen molar-refractivity contribution in [3.8, 4) is 17.0 Å². The first-order valence-electron chi connectivity index (χ1n) is 50.6. The summed E-state index contributed by atoms with van der Waals surface area (Å²) in [4.78, 5) is 97.4. The van der Waals surface area contributed by atoms with Crippen molar-refractivity contribution in [2.75, 3.05) is 46.6 Å². The van der Waals surface area contributed by atoms with Gasteiger partial charge in [0.2, 0.25) is 0 Å². The van der Waals surface area contributed by atoms with E-state index in [0.717, 1.165) is 233 Å². The van der Waals surface area contributed by atoms with Crippen molar-refractivity contribution in [1.82, 2.24) is 29.3 Å². The first-order valence-corrected chi connectivity index (χ1v) is 51.4. The summed E-state index contributed by atoms with van der Waals surface area (Å²) in [5.41, 5.74) is 25.7. The van der Waals surface area contributed by atoms with Crippen LogP contribution in [0.3, 0.4) is 0 Å². The van der Waals surface area contributed by atoms with E-state index in [2.05, 4.69) is 103 Å². The van der Waals surface area contributed by atoms with E-state index in [9.17, 15) is 33.6 Å². The van der Waals surface area contributed by atoms with E-state index in [-0.39, 0.29) is 54.3 Å². The standard InChI is InChI=1S/C35H46N2O5.C19H27BO4.C19H27NO2.C19H21NO2.C17H21NO3.C6H6BrN/c1-8-41-33(38)28-14-13-26(24-11-9-10-12-25(24)28)30-19-22(2)15-17-36(30)21-29-27-16-18-37(34(39)42-35(4,5)6)32(27)23(3)20-31(29)40-7;1-6-22-17(21)15-11-12-16(14-10-8-7-9-13(14)15)20-23-18(2,3)19(4,5)24-20;2*1-3-22-19(21)17-9-8-16(14-6-4-5-7-15(14)17)18-12-13(2)10-11-20-18;1-6-12-9-11(2)15-13(14(12)10-19)7-8-18(15)16(20)21-17(3,4)5;1-5-2-3-8-6(7)4-5/h13-14,16,18,20,22,30H,8-12,15,17,19,21H2,1-7H3;11-12H,6-10H2,1-5H3;8-9,13,18,20H,3-7,10-12H2,1-2H3;8-12H,3-7H2,1-2H3;7-10H,6H2,1-5H3;2-4H,1H3. The van der Waals surface area contributed by atoms with Crippen LogP contribution in [0.25, 0.3) is 33.1 Å². The Morgan fingerprint density at radius 2 is 0.957 bits per heavy atom. The number of hydrogen-bond donors (Lipinski definition) is 1. The molecular weight excluding hydrogens is 1810 g/mol. The Balaban J connectivity index is 0.000000157. The van der Waals surface area contributed by atoms with Crippen molar-refractivity contribution in [2.24, 2.45) is 11.8 Å². The number of halogens is 1. The van der Waals surface area contributed by atoms with Gasteiger partial charge in [0.15, 0.2) is 6.29 Å². The van der Waals surface area contributed by atoms with Gasteiger partial charge in [0.1, 0.15) is 21.6 Å². The highest BCUT2D eigenvalue weighted by Gasteiger charge is 2.53. The summed E-state index contributed by atoms with van der Waals surface area (Å²) in [6.07, 6.45) is 29.6. The molecule has 4 unspecified atom stereocenters. The fraction of sp³-hybridized carbons (Fsp3) is 0.504. The minimum atomic E-state index is -0.587. The lowest BCUT2D eigenvalue weighted by molar-refractivity contribution is 0.00578. The minimum absolute atomic E-state index is 0.155. The van der Waals surface area contributed by atoms with Crippen molar-refractivity contribution >= 4 is 92.7 Å². The highest BCUT2D eigenvalue weighted by molar-refractivity contribution is 9.10. The van der Waals surface area contributed by atoms with Gasteiger partial charge in [-0.2, -0.15) is 0 Å². The van der Waals surface area contributed by atoms with Gasteiger partial charge in [-0.3, -0.25) is 23.8 Å². The number of aromatic nitrogens is 4. The number of aryl methyl sites for hydroxylation is 5. The monoisotopic (exact) mass is 1960 g/mol. The Bertz CT molecular complexity index is 6040. The molecule has 0 spiro atoms. The van der Waals surface area contributed by atoms with E-state index in [1.165, 1.54) is 85.9 Å². The fourth-order valence-corrected chi connectivity index (χ4v) is 21.0. The van der Waals surface area contributed by atoms with Crippen LogP contribution in [-0.2, 0) is 102 Å². The van der Waals surface area contributed by atoms with Gasteiger partial charge >= 0.3 is 43.2 Å². The minimum Gasteiger partial charge on any atom is -0.496 e. The van der Waals surface area contributed by atoms with Crippen LogP contribution in [0, 0.1) is 39.5 Å². The van der Waals surface area contributed by atoms with Crippen LogP contribution in [0.4, 0.5) is 9.59 Å². The number of fused-ring (bicyclic) bond motifs is 6. The first kappa shape index (κ1) is 107. The Kier molecular flexibility index (Phi) is 36.8. The summed E-state index contributed by atoms with van der Waals surface area (Å²) in [5.74, 6) is 1.41. The normalized spacial score (nSPS) is 17.9. The third-order valence-corrected chi connectivity index (χ3v) is 28.4. The molecule has 6 aromatic carbocycles. The maximum Gasteiger partial charge on any atom is 0.495 e. The number of rotatable bonds is 17. The van der Waals surface area contributed by atoms with Crippen molar-refractivity contribution in [3.05, 3.63) is 243 Å². The van der Waals surface area contributed by atoms with E-state index in [1.807, 2.05) is 182 Å². The zero-order chi connectivity index (χ0) is 101. The van der Waals surface area contributed by atoms with Crippen LogP contribution in [-0.4, -0.2) is 143 Å². The Labute approximate surface area is 832 Å². The fourth-order valence-electron chi connectivity index (χ4n) is 20.6. The number of esters is 4. The molecule has 139 heavy (non-hydrogen) atoms. The lowest BCUT2D eigenvalue weighted by Gasteiger charge is -2.41. The number of benzene rings is 6. The van der Waals surface area contributed by atoms with Gasteiger partial charge in [-0.25, -0.2) is 33.8 Å². The maximum absolute atomic E-state index is 13.1. The molecule has 744 valence electrons. The lowest BCUT2D eigenvalue weighted by atomic mass is 9.70. The average Bonchev–Trinajstić information content (AvgIpc) is 1.34. The largest absolute Gasteiger partial charge is 0.496 e. The number of nitrogens with zero attached hydrogens (tertiary/aromatic N) is 5. The molecular formula is C115H148BBrN6O16. The number of aldehydes is 1.